The van der Waals surface area contributed by atoms with E-state index >= 15 is 0 Å². The monoisotopic (exact) mass is 1100 g/mol. The molecule has 10 aromatic carbocycles. The van der Waals surface area contributed by atoms with Crippen molar-refractivity contribution in [1.29, 1.82) is 26.3 Å². The van der Waals surface area contributed by atoms with E-state index in [0.29, 0.717) is 110 Å². The van der Waals surface area contributed by atoms with Crippen LogP contribution in [0.3, 0.4) is 0 Å². The number of hydrogen-bond donors (Lipinski definition) is 0. The molecule has 14 heteroatoms. The Kier molecular flexibility index (Phi) is 12.8. The number of aryl methyl sites for hydroxylation is 1. The molecule has 0 unspecified atom stereocenters. The van der Waals surface area contributed by atoms with Crippen molar-refractivity contribution < 1.29 is 13.2 Å². The molecular formula is C71H32F3N11. The van der Waals surface area contributed by atoms with Crippen molar-refractivity contribution in [2.45, 2.75) is 13.1 Å². The van der Waals surface area contributed by atoms with Crippen LogP contribution >= 0.6 is 0 Å². The maximum absolute atomic E-state index is 14.9. The Morgan fingerprint density at radius 3 is 1.24 bits per heavy atom. The van der Waals surface area contributed by atoms with Crippen molar-refractivity contribution in [2.75, 3.05) is 0 Å². The van der Waals surface area contributed by atoms with E-state index in [1.54, 1.807) is 73.7 Å². The van der Waals surface area contributed by atoms with Gasteiger partial charge >= 0.3 is 6.18 Å². The summed E-state index contributed by atoms with van der Waals surface area (Å²) >= 11 is 0. The number of hydrogen-bond acceptors (Lipinski definition) is 5. The first kappa shape index (κ1) is 52.7. The number of halogens is 3. The predicted molar refractivity (Wildman–Crippen MR) is 321 cm³/mol. The van der Waals surface area contributed by atoms with Crippen LogP contribution in [0.15, 0.2) is 176 Å². The minimum absolute atomic E-state index is 0.110. The highest BCUT2D eigenvalue weighted by Crippen LogP contribution is 2.46. The highest BCUT2D eigenvalue weighted by Gasteiger charge is 2.32. The molecule has 85 heavy (non-hydrogen) atoms. The van der Waals surface area contributed by atoms with Crippen LogP contribution in [-0.2, 0) is 6.18 Å². The second-order valence-electron chi connectivity index (χ2n) is 20.0. The molecule has 2 aromatic heterocycles. The van der Waals surface area contributed by atoms with Crippen LogP contribution in [0.5, 0.6) is 0 Å². The van der Waals surface area contributed by atoms with Crippen LogP contribution in [0.2, 0.25) is 0 Å². The van der Waals surface area contributed by atoms with E-state index in [9.17, 15) is 39.5 Å². The Morgan fingerprint density at radius 2 is 0.788 bits per heavy atom. The molecule has 0 aliphatic carbocycles. The minimum Gasteiger partial charge on any atom is -0.308 e. The SMILES string of the molecule is [C-]#[N+]c1ccc(-c2ccc3c(c2)c2cc(-c4ccc([N+]#[C-])cc4[N+]#[C-])ccc2n3-c2cc(-c3cc(C)cc(C(F)(F)F)c3)cc(-n3c4ccc(-c5ccc(C#N)cc5C#N)cc4c4cc(-c5ccc(C#N)cc5[N+]#[C-])ccc43)c2C#N)c(C#N)c1. The third-order valence-electron chi connectivity index (χ3n) is 15.2. The van der Waals surface area contributed by atoms with Gasteiger partial charge < -0.3 is 9.13 Å². The molecule has 2 heterocycles. The molecule has 0 aliphatic rings. The van der Waals surface area contributed by atoms with E-state index in [4.69, 9.17) is 26.3 Å². The zero-order chi connectivity index (χ0) is 59.4. The number of aromatic nitrogens is 2. The molecule has 12 rings (SSSR count). The molecule has 12 aromatic rings. The van der Waals surface area contributed by atoms with E-state index in [-0.39, 0.29) is 56.4 Å². The first-order valence-corrected chi connectivity index (χ1v) is 25.9. The van der Waals surface area contributed by atoms with Crippen molar-refractivity contribution >= 4 is 66.4 Å². The van der Waals surface area contributed by atoms with Crippen LogP contribution in [0.25, 0.3) is 130 Å². The average Bonchev–Trinajstić information content (AvgIpc) is 1.73. The van der Waals surface area contributed by atoms with Crippen LogP contribution in [-0.4, -0.2) is 9.13 Å². The highest BCUT2D eigenvalue weighted by molar-refractivity contribution is 6.14. The maximum Gasteiger partial charge on any atom is 0.416 e. The number of rotatable bonds is 7. The lowest BCUT2D eigenvalue weighted by atomic mass is 9.96. The minimum atomic E-state index is -4.73. The van der Waals surface area contributed by atoms with Crippen molar-refractivity contribution in [3.8, 4) is 97.4 Å². The molecule has 0 N–H and O–H groups in total. The van der Waals surface area contributed by atoms with E-state index in [1.807, 2.05) is 81.9 Å². The normalized spacial score (nSPS) is 11.0. The quantitative estimate of drug-likeness (QED) is 0.146. The third-order valence-corrected chi connectivity index (χ3v) is 15.2. The number of nitrogens with zero attached hydrogens (tertiary/aromatic N) is 11. The van der Waals surface area contributed by atoms with E-state index in [0.717, 1.165) is 12.1 Å². The van der Waals surface area contributed by atoms with Gasteiger partial charge in [-0.1, -0.05) is 72.8 Å². The third kappa shape index (κ3) is 8.89. The molecular weight excluding hydrogens is 1060 g/mol. The summed E-state index contributed by atoms with van der Waals surface area (Å²) < 4.78 is 48.4. The Hall–Kier alpha value is -13.0. The Balaban J connectivity index is 1.21. The molecule has 0 spiro atoms. The van der Waals surface area contributed by atoms with Gasteiger partial charge in [-0.25, -0.2) is 19.4 Å². The molecule has 0 radical (unpaired) electrons. The van der Waals surface area contributed by atoms with Gasteiger partial charge in [0.05, 0.1) is 101 Å². The summed E-state index contributed by atoms with van der Waals surface area (Å²) in [6.07, 6.45) is -4.73. The molecule has 11 nitrogen and oxygen atoms in total. The lowest BCUT2D eigenvalue weighted by Gasteiger charge is -2.19. The van der Waals surface area contributed by atoms with E-state index in [1.165, 1.54) is 24.3 Å². The second kappa shape index (κ2) is 20.6. The topological polar surface area (TPSA) is 146 Å². The summed E-state index contributed by atoms with van der Waals surface area (Å²) in [4.78, 5) is 14.6. The highest BCUT2D eigenvalue weighted by atomic mass is 19.4. The van der Waals surface area contributed by atoms with Crippen molar-refractivity contribution in [3.05, 3.63) is 261 Å². The van der Waals surface area contributed by atoms with Gasteiger partial charge in [0.25, 0.3) is 0 Å². The molecule has 0 saturated carbocycles. The van der Waals surface area contributed by atoms with Crippen LogP contribution < -0.4 is 0 Å². The Morgan fingerprint density at radius 1 is 0.376 bits per heavy atom. The number of benzene rings is 10. The number of nitriles is 5. The predicted octanol–water partition coefficient (Wildman–Crippen LogP) is 19.1. The summed E-state index contributed by atoms with van der Waals surface area (Å²) in [5.41, 5.74) is 9.71. The van der Waals surface area contributed by atoms with E-state index < -0.39 is 11.7 Å². The van der Waals surface area contributed by atoms with Crippen molar-refractivity contribution in [2.24, 2.45) is 0 Å². The van der Waals surface area contributed by atoms with Gasteiger partial charge in [0.15, 0.2) is 22.7 Å². The summed E-state index contributed by atoms with van der Waals surface area (Å²) in [7, 11) is 0. The Labute approximate surface area is 483 Å². The summed E-state index contributed by atoms with van der Waals surface area (Å²) in [5.74, 6) is 0. The molecule has 0 fully saturated rings. The van der Waals surface area contributed by atoms with Crippen molar-refractivity contribution in [3.63, 3.8) is 0 Å². The van der Waals surface area contributed by atoms with Gasteiger partial charge in [0, 0.05) is 32.7 Å². The van der Waals surface area contributed by atoms with E-state index in [2.05, 4.69) is 49.7 Å². The molecule has 0 atom stereocenters. The maximum atomic E-state index is 14.9. The fraction of sp³-hybridized carbons (Fsp3) is 0.0282. The number of fused-ring (bicyclic) bond motifs is 6. The first-order valence-electron chi connectivity index (χ1n) is 25.9. The van der Waals surface area contributed by atoms with Gasteiger partial charge in [-0.3, -0.25) is 0 Å². The molecule has 392 valence electrons. The standard InChI is InChI=1S/C71H32F3N11/c1-40-22-47(26-51(23-40)71(72,73)74)48-32-69(84-65-18-8-43(54-14-6-41(35-75)24-49(54)37-77)28-58(65)60-30-45(10-20-67(60)84)56-15-7-42(36-76)25-63(56)82-4)62(39-79)70(33-48)85-66-19-9-44(55-16-12-52(80-2)27-50(55)38-78)29-59(66)61-31-46(11-21-68(61)85)57-17-13-53(81-3)34-64(57)83-5/h6-34H,1H3. The summed E-state index contributed by atoms with van der Waals surface area (Å²) in [6, 6.07) is 59.9. The van der Waals surface area contributed by atoms with Crippen molar-refractivity contribution in [1.82, 2.24) is 9.13 Å². The first-order chi connectivity index (χ1) is 41.2. The van der Waals surface area contributed by atoms with Crippen LogP contribution in [0.4, 0.5) is 35.9 Å². The fourth-order valence-corrected chi connectivity index (χ4v) is 11.4. The molecule has 0 amide bonds. The van der Waals surface area contributed by atoms with Gasteiger partial charge in [-0.15, -0.1) is 0 Å². The smallest absolute Gasteiger partial charge is 0.308 e. The van der Waals surface area contributed by atoms with Gasteiger partial charge in [0.1, 0.15) is 11.6 Å². The second-order valence-corrected chi connectivity index (χ2v) is 20.0. The summed E-state index contributed by atoms with van der Waals surface area (Å²) in [5, 5.41) is 54.6. The van der Waals surface area contributed by atoms with Crippen LogP contribution in [0.1, 0.15) is 38.9 Å². The lowest BCUT2D eigenvalue weighted by Crippen LogP contribution is -2.07. The molecule has 0 saturated heterocycles. The number of alkyl halides is 3. The van der Waals surface area contributed by atoms with Gasteiger partial charge in [-0.2, -0.15) is 39.5 Å². The molecule has 0 bridgehead atoms. The summed E-state index contributed by atoms with van der Waals surface area (Å²) in [6.45, 7) is 33.0. The van der Waals surface area contributed by atoms with Gasteiger partial charge in [0.2, 0.25) is 0 Å². The lowest BCUT2D eigenvalue weighted by molar-refractivity contribution is -0.137. The van der Waals surface area contributed by atoms with Gasteiger partial charge in [-0.05, 0) is 171 Å². The average molecular weight is 1100 g/mol. The molecule has 0 aliphatic heterocycles. The Bertz CT molecular complexity index is 4820. The largest absolute Gasteiger partial charge is 0.416 e. The van der Waals surface area contributed by atoms with Crippen LogP contribution in [0, 0.1) is 89.9 Å². The zero-order valence-corrected chi connectivity index (χ0v) is 44.3. The fourth-order valence-electron chi connectivity index (χ4n) is 11.4. The zero-order valence-electron chi connectivity index (χ0n) is 44.3.